The monoisotopic (exact) mass is 508 g/mol. The molecule has 0 aliphatic heterocycles. The molecular formula is C27H22Cl2N2O2S. The van der Waals surface area contributed by atoms with E-state index in [9.17, 15) is 9.59 Å². The highest BCUT2D eigenvalue weighted by Gasteiger charge is 2.19. The molecule has 0 saturated heterocycles. The minimum absolute atomic E-state index is 0.142. The Kier molecular flexibility index (Phi) is 7.78. The summed E-state index contributed by atoms with van der Waals surface area (Å²) in [6.45, 7) is 1.95. The predicted octanol–water partition coefficient (Wildman–Crippen LogP) is 7.91. The Morgan fingerprint density at radius 3 is 2.26 bits per heavy atom. The maximum Gasteiger partial charge on any atom is 0.255 e. The number of halogens is 2. The van der Waals surface area contributed by atoms with Gasteiger partial charge < -0.3 is 10.6 Å². The van der Waals surface area contributed by atoms with Gasteiger partial charge in [-0.25, -0.2) is 0 Å². The highest BCUT2D eigenvalue weighted by molar-refractivity contribution is 8.00. The zero-order valence-corrected chi connectivity index (χ0v) is 20.7. The number of hydrogen-bond acceptors (Lipinski definition) is 3. The number of benzene rings is 4. The van der Waals surface area contributed by atoms with Gasteiger partial charge >= 0.3 is 0 Å². The van der Waals surface area contributed by atoms with E-state index >= 15 is 0 Å². The van der Waals surface area contributed by atoms with Crippen molar-refractivity contribution in [2.75, 3.05) is 10.6 Å². The van der Waals surface area contributed by atoms with Gasteiger partial charge in [0.2, 0.25) is 5.91 Å². The van der Waals surface area contributed by atoms with E-state index in [-0.39, 0.29) is 17.1 Å². The van der Waals surface area contributed by atoms with Crippen LogP contribution >= 0.6 is 35.0 Å². The van der Waals surface area contributed by atoms with Gasteiger partial charge in [-0.2, -0.15) is 0 Å². The van der Waals surface area contributed by atoms with Crippen LogP contribution in [0.2, 0.25) is 10.0 Å². The summed E-state index contributed by atoms with van der Waals surface area (Å²) in [7, 11) is 0. The first-order chi connectivity index (χ1) is 16.4. The highest BCUT2D eigenvalue weighted by Crippen LogP contribution is 2.30. The number of amides is 2. The minimum Gasteiger partial charge on any atom is -0.325 e. The Labute approximate surface area is 212 Å². The molecule has 172 valence electrons. The number of thioether (sulfide) groups is 1. The van der Waals surface area contributed by atoms with E-state index in [4.69, 9.17) is 23.2 Å². The van der Waals surface area contributed by atoms with Crippen LogP contribution in [0.25, 0.3) is 10.8 Å². The fourth-order valence-electron chi connectivity index (χ4n) is 3.52. The van der Waals surface area contributed by atoms with E-state index < -0.39 is 0 Å². The van der Waals surface area contributed by atoms with Crippen molar-refractivity contribution in [1.82, 2.24) is 0 Å². The summed E-state index contributed by atoms with van der Waals surface area (Å²) >= 11 is 13.5. The fraction of sp³-hybridized carbons (Fsp3) is 0.111. The van der Waals surface area contributed by atoms with Gasteiger partial charge in [0.25, 0.3) is 5.91 Å². The molecule has 0 bridgehead atoms. The number of carbonyl (C=O) groups excluding carboxylic acids is 2. The Bertz CT molecular complexity index is 1340. The van der Waals surface area contributed by atoms with Crippen molar-refractivity contribution in [3.63, 3.8) is 0 Å². The average Bonchev–Trinajstić information content (AvgIpc) is 2.81. The molecule has 7 heteroatoms. The maximum absolute atomic E-state index is 12.8. The third-order valence-corrected chi connectivity index (χ3v) is 6.97. The first kappa shape index (κ1) is 24.1. The topological polar surface area (TPSA) is 58.2 Å². The van der Waals surface area contributed by atoms with Gasteiger partial charge in [-0.05, 0) is 65.7 Å². The molecule has 0 aromatic heterocycles. The quantitative estimate of drug-likeness (QED) is 0.249. The van der Waals surface area contributed by atoms with Crippen molar-refractivity contribution < 1.29 is 9.59 Å². The third-order valence-electron chi connectivity index (χ3n) is 5.18. The smallest absolute Gasteiger partial charge is 0.255 e. The molecule has 0 aliphatic rings. The molecule has 0 heterocycles. The molecule has 0 saturated carbocycles. The van der Waals surface area contributed by atoms with E-state index in [1.807, 2.05) is 73.7 Å². The Balaban J connectivity index is 1.44. The molecule has 2 amide bonds. The van der Waals surface area contributed by atoms with Crippen molar-refractivity contribution in [3.8, 4) is 0 Å². The summed E-state index contributed by atoms with van der Waals surface area (Å²) in [5.74, 6) is -0.327. The standard InChI is InChI=1S/C27H22Cl2N2O2S/c1-2-25(27(33)31-23-14-20(28)13-21(29)15-23)34-24-9-5-8-22(16-24)30-26(32)19-11-10-17-6-3-4-7-18(17)12-19/h3-16,25H,2H2,1H3,(H,30,32)(H,31,33). The largest absolute Gasteiger partial charge is 0.325 e. The summed E-state index contributed by atoms with van der Waals surface area (Å²) in [5.41, 5.74) is 1.81. The van der Waals surface area contributed by atoms with Crippen LogP contribution in [0, 0.1) is 0 Å². The Hall–Kier alpha value is -2.99. The molecule has 4 aromatic rings. The van der Waals surface area contributed by atoms with Crippen LogP contribution in [-0.2, 0) is 4.79 Å². The van der Waals surface area contributed by atoms with Gasteiger partial charge in [0.15, 0.2) is 0 Å². The zero-order valence-electron chi connectivity index (χ0n) is 18.3. The summed E-state index contributed by atoms with van der Waals surface area (Å²) in [5, 5.41) is 8.51. The fourth-order valence-corrected chi connectivity index (χ4v) is 5.06. The van der Waals surface area contributed by atoms with Crippen molar-refractivity contribution in [1.29, 1.82) is 0 Å². The zero-order chi connectivity index (χ0) is 24.1. The molecule has 2 N–H and O–H groups in total. The van der Waals surface area contributed by atoms with Crippen LogP contribution in [-0.4, -0.2) is 17.1 Å². The number of nitrogens with one attached hydrogen (secondary N) is 2. The first-order valence-electron chi connectivity index (χ1n) is 10.7. The molecular weight excluding hydrogens is 487 g/mol. The van der Waals surface area contributed by atoms with Crippen LogP contribution in [0.15, 0.2) is 89.8 Å². The molecule has 0 aliphatic carbocycles. The minimum atomic E-state index is -0.329. The van der Waals surface area contributed by atoms with Crippen LogP contribution in [0.3, 0.4) is 0 Å². The van der Waals surface area contributed by atoms with Crippen molar-refractivity contribution in [3.05, 3.63) is 101 Å². The number of carbonyl (C=O) groups is 2. The van der Waals surface area contributed by atoms with Gasteiger partial charge in [-0.1, -0.05) is 66.5 Å². The van der Waals surface area contributed by atoms with Crippen LogP contribution in [0.4, 0.5) is 11.4 Å². The molecule has 4 rings (SSSR count). The second-order valence-corrected chi connectivity index (χ2v) is 9.86. The molecule has 1 unspecified atom stereocenters. The van der Waals surface area contributed by atoms with Gasteiger partial charge in [0.05, 0.1) is 5.25 Å². The number of hydrogen-bond donors (Lipinski definition) is 2. The number of rotatable bonds is 7. The van der Waals surface area contributed by atoms with Crippen LogP contribution < -0.4 is 10.6 Å². The molecule has 4 nitrogen and oxygen atoms in total. The molecule has 34 heavy (non-hydrogen) atoms. The normalized spacial score (nSPS) is 11.7. The van der Waals surface area contributed by atoms with Crippen LogP contribution in [0.5, 0.6) is 0 Å². The third kappa shape index (κ3) is 6.11. The summed E-state index contributed by atoms with van der Waals surface area (Å²) in [6.07, 6.45) is 0.623. The maximum atomic E-state index is 12.8. The summed E-state index contributed by atoms with van der Waals surface area (Å²) in [4.78, 5) is 26.5. The van der Waals surface area contributed by atoms with Gasteiger partial charge in [0.1, 0.15) is 0 Å². The molecule has 0 fully saturated rings. The molecule has 0 spiro atoms. The lowest BCUT2D eigenvalue weighted by Gasteiger charge is -2.16. The SMILES string of the molecule is CCC(Sc1cccc(NC(=O)c2ccc3ccccc3c2)c1)C(=O)Nc1cc(Cl)cc(Cl)c1. The van der Waals surface area contributed by atoms with E-state index in [2.05, 4.69) is 10.6 Å². The van der Waals surface area contributed by atoms with Crippen molar-refractivity contribution in [2.24, 2.45) is 0 Å². The van der Waals surface area contributed by atoms with Gasteiger partial charge in [0, 0.05) is 31.9 Å². The molecule has 4 aromatic carbocycles. The summed E-state index contributed by atoms with van der Waals surface area (Å²) < 4.78 is 0. The lowest BCUT2D eigenvalue weighted by atomic mass is 10.1. The Morgan fingerprint density at radius 1 is 0.794 bits per heavy atom. The lowest BCUT2D eigenvalue weighted by molar-refractivity contribution is -0.115. The molecule has 1 atom stereocenters. The van der Waals surface area contributed by atoms with E-state index in [1.165, 1.54) is 11.8 Å². The van der Waals surface area contributed by atoms with Crippen molar-refractivity contribution in [2.45, 2.75) is 23.5 Å². The van der Waals surface area contributed by atoms with Gasteiger partial charge in [-0.15, -0.1) is 11.8 Å². The molecule has 0 radical (unpaired) electrons. The van der Waals surface area contributed by atoms with E-state index in [1.54, 1.807) is 18.2 Å². The second-order valence-electron chi connectivity index (χ2n) is 7.71. The number of fused-ring (bicyclic) bond motifs is 1. The highest BCUT2D eigenvalue weighted by atomic mass is 35.5. The van der Waals surface area contributed by atoms with E-state index in [0.717, 1.165) is 15.7 Å². The van der Waals surface area contributed by atoms with Crippen LogP contribution in [0.1, 0.15) is 23.7 Å². The van der Waals surface area contributed by atoms with E-state index in [0.29, 0.717) is 33.4 Å². The number of anilines is 2. The van der Waals surface area contributed by atoms with Crippen molar-refractivity contribution >= 4 is 68.9 Å². The predicted molar refractivity (Wildman–Crippen MR) is 143 cm³/mol. The Morgan fingerprint density at radius 2 is 1.53 bits per heavy atom. The average molecular weight is 509 g/mol. The second kappa shape index (κ2) is 11.0. The lowest BCUT2D eigenvalue weighted by Crippen LogP contribution is -2.24. The summed E-state index contributed by atoms with van der Waals surface area (Å²) in [6, 6.07) is 26.0. The van der Waals surface area contributed by atoms with Gasteiger partial charge in [-0.3, -0.25) is 9.59 Å². The first-order valence-corrected chi connectivity index (χ1v) is 12.4.